The molecule has 3 rings (SSSR count). The molecule has 5 heteroatoms. The summed E-state index contributed by atoms with van der Waals surface area (Å²) >= 11 is 0. The molecule has 0 amide bonds. The number of fused-ring (bicyclic) bond motifs is 1. The number of hydrogen-bond donors (Lipinski definition) is 2. The zero-order chi connectivity index (χ0) is 10.1. The molecule has 1 saturated heterocycles. The standard InChI is InChI=1S/C11H13N3O.ClH/c1-3-12-7-9(1)14-11-5-10-8(6-13-11)2-4-15-10;/h2,4-6,9,12H,1,3,7H2,(H,13,14);1H/t9-;/m0./s1. The molecule has 4 nitrogen and oxygen atoms in total. The monoisotopic (exact) mass is 239 g/mol. The highest BCUT2D eigenvalue weighted by atomic mass is 35.5. The first-order valence-corrected chi connectivity index (χ1v) is 5.22. The Balaban J connectivity index is 0.000000963. The number of rotatable bonds is 2. The van der Waals surface area contributed by atoms with Crippen molar-refractivity contribution < 1.29 is 4.42 Å². The van der Waals surface area contributed by atoms with E-state index in [1.165, 1.54) is 0 Å². The molecule has 0 spiro atoms. The van der Waals surface area contributed by atoms with Crippen LogP contribution in [0.15, 0.2) is 29.0 Å². The van der Waals surface area contributed by atoms with Crippen molar-refractivity contribution in [3.63, 3.8) is 0 Å². The Bertz CT molecular complexity index is 465. The average Bonchev–Trinajstić information content (AvgIpc) is 2.87. The van der Waals surface area contributed by atoms with Crippen molar-refractivity contribution in [2.45, 2.75) is 12.5 Å². The van der Waals surface area contributed by atoms with Gasteiger partial charge in [0, 0.05) is 30.2 Å². The fourth-order valence-corrected chi connectivity index (χ4v) is 1.92. The van der Waals surface area contributed by atoms with Crippen molar-refractivity contribution in [1.29, 1.82) is 0 Å². The van der Waals surface area contributed by atoms with Crippen molar-refractivity contribution >= 4 is 29.2 Å². The van der Waals surface area contributed by atoms with Crippen LogP contribution in [0.25, 0.3) is 11.0 Å². The van der Waals surface area contributed by atoms with Crippen LogP contribution < -0.4 is 10.6 Å². The summed E-state index contributed by atoms with van der Waals surface area (Å²) in [6, 6.07) is 4.36. The van der Waals surface area contributed by atoms with E-state index >= 15 is 0 Å². The first-order valence-electron chi connectivity index (χ1n) is 5.22. The SMILES string of the molecule is Cl.c1cc2cnc(N[C@H]3CCNC3)cc2o1. The van der Waals surface area contributed by atoms with Crippen molar-refractivity contribution in [3.05, 3.63) is 24.6 Å². The lowest BCUT2D eigenvalue weighted by molar-refractivity contribution is 0.615. The lowest BCUT2D eigenvalue weighted by Gasteiger charge is -2.11. The second-order valence-corrected chi connectivity index (χ2v) is 3.86. The topological polar surface area (TPSA) is 50.1 Å². The van der Waals surface area contributed by atoms with E-state index in [1.54, 1.807) is 6.26 Å². The molecule has 3 heterocycles. The van der Waals surface area contributed by atoms with Gasteiger partial charge in [0.2, 0.25) is 0 Å². The van der Waals surface area contributed by atoms with Crippen LogP contribution in [0.2, 0.25) is 0 Å². The summed E-state index contributed by atoms with van der Waals surface area (Å²) in [4.78, 5) is 4.34. The molecule has 1 atom stereocenters. The third-order valence-electron chi connectivity index (χ3n) is 2.75. The average molecular weight is 240 g/mol. The van der Waals surface area contributed by atoms with Gasteiger partial charge < -0.3 is 15.1 Å². The molecular weight excluding hydrogens is 226 g/mol. The number of halogens is 1. The van der Waals surface area contributed by atoms with Crippen LogP contribution in [-0.2, 0) is 0 Å². The van der Waals surface area contributed by atoms with Crippen LogP contribution in [0, 0.1) is 0 Å². The van der Waals surface area contributed by atoms with Crippen LogP contribution in [0.3, 0.4) is 0 Å². The Morgan fingerprint density at radius 2 is 2.44 bits per heavy atom. The molecule has 2 aromatic rings. The maximum absolute atomic E-state index is 5.33. The summed E-state index contributed by atoms with van der Waals surface area (Å²) < 4.78 is 5.33. The van der Waals surface area contributed by atoms with Crippen LogP contribution in [0.5, 0.6) is 0 Å². The second-order valence-electron chi connectivity index (χ2n) is 3.86. The zero-order valence-corrected chi connectivity index (χ0v) is 9.59. The fourth-order valence-electron chi connectivity index (χ4n) is 1.92. The van der Waals surface area contributed by atoms with Gasteiger partial charge in [0.25, 0.3) is 0 Å². The summed E-state index contributed by atoms with van der Waals surface area (Å²) in [6.07, 6.45) is 4.68. The minimum Gasteiger partial charge on any atom is -0.464 e. The van der Waals surface area contributed by atoms with Gasteiger partial charge in [-0.2, -0.15) is 0 Å². The van der Waals surface area contributed by atoms with Crippen molar-refractivity contribution in [2.24, 2.45) is 0 Å². The van der Waals surface area contributed by atoms with Crippen LogP contribution in [-0.4, -0.2) is 24.1 Å². The maximum atomic E-state index is 5.33. The molecule has 0 aromatic carbocycles. The number of hydrogen-bond acceptors (Lipinski definition) is 4. The zero-order valence-electron chi connectivity index (χ0n) is 8.77. The fraction of sp³-hybridized carbons (Fsp3) is 0.364. The van der Waals surface area contributed by atoms with E-state index in [0.717, 1.165) is 36.3 Å². The number of furan rings is 1. The van der Waals surface area contributed by atoms with Crippen molar-refractivity contribution in [2.75, 3.05) is 18.4 Å². The van der Waals surface area contributed by atoms with E-state index in [-0.39, 0.29) is 12.4 Å². The molecule has 1 aliphatic heterocycles. The molecule has 2 aromatic heterocycles. The molecule has 86 valence electrons. The molecule has 0 unspecified atom stereocenters. The minimum atomic E-state index is 0. The number of nitrogens with one attached hydrogen (secondary N) is 2. The Hall–Kier alpha value is -1.26. The van der Waals surface area contributed by atoms with Gasteiger partial charge in [-0.25, -0.2) is 4.98 Å². The van der Waals surface area contributed by atoms with Crippen LogP contribution >= 0.6 is 12.4 Å². The van der Waals surface area contributed by atoms with E-state index in [1.807, 2.05) is 18.3 Å². The van der Waals surface area contributed by atoms with Gasteiger partial charge >= 0.3 is 0 Å². The van der Waals surface area contributed by atoms with Gasteiger partial charge in [-0.1, -0.05) is 0 Å². The summed E-state index contributed by atoms with van der Waals surface area (Å²) in [6.45, 7) is 2.10. The Kier molecular flexibility index (Phi) is 3.31. The van der Waals surface area contributed by atoms with E-state index in [4.69, 9.17) is 4.42 Å². The number of nitrogens with zero attached hydrogens (tertiary/aromatic N) is 1. The minimum absolute atomic E-state index is 0. The lowest BCUT2D eigenvalue weighted by Crippen LogP contribution is -2.22. The normalized spacial score (nSPS) is 19.6. The molecule has 0 bridgehead atoms. The van der Waals surface area contributed by atoms with Gasteiger partial charge in [-0.3, -0.25) is 0 Å². The Morgan fingerprint density at radius 3 is 3.25 bits per heavy atom. The van der Waals surface area contributed by atoms with Crippen molar-refractivity contribution in [3.8, 4) is 0 Å². The van der Waals surface area contributed by atoms with Gasteiger partial charge in [0.05, 0.1) is 6.26 Å². The lowest BCUT2D eigenvalue weighted by atomic mass is 10.2. The van der Waals surface area contributed by atoms with E-state index < -0.39 is 0 Å². The summed E-state index contributed by atoms with van der Waals surface area (Å²) in [5, 5.41) is 7.75. The molecular formula is C11H14ClN3O. The van der Waals surface area contributed by atoms with Crippen molar-refractivity contribution in [1.82, 2.24) is 10.3 Å². The largest absolute Gasteiger partial charge is 0.464 e. The molecule has 2 N–H and O–H groups in total. The van der Waals surface area contributed by atoms with Gasteiger partial charge in [0.15, 0.2) is 0 Å². The van der Waals surface area contributed by atoms with Gasteiger partial charge in [-0.15, -0.1) is 12.4 Å². The number of pyridine rings is 1. The van der Waals surface area contributed by atoms with E-state index in [9.17, 15) is 0 Å². The van der Waals surface area contributed by atoms with E-state index in [0.29, 0.717) is 6.04 Å². The van der Waals surface area contributed by atoms with Gasteiger partial charge in [-0.05, 0) is 19.0 Å². The predicted molar refractivity (Wildman–Crippen MR) is 66.2 cm³/mol. The molecule has 0 radical (unpaired) electrons. The Labute approximate surface area is 99.8 Å². The predicted octanol–water partition coefficient (Wildman–Crippen LogP) is 2.02. The summed E-state index contributed by atoms with van der Waals surface area (Å²) in [5.74, 6) is 0.895. The van der Waals surface area contributed by atoms with E-state index in [2.05, 4.69) is 15.6 Å². The Morgan fingerprint density at radius 1 is 1.50 bits per heavy atom. The highest BCUT2D eigenvalue weighted by Gasteiger charge is 2.14. The second kappa shape index (κ2) is 4.72. The van der Waals surface area contributed by atoms with Gasteiger partial charge in [0.1, 0.15) is 11.4 Å². The maximum Gasteiger partial charge on any atom is 0.139 e. The molecule has 0 aliphatic carbocycles. The molecule has 1 fully saturated rings. The number of anilines is 1. The first kappa shape index (κ1) is 11.2. The first-order chi connectivity index (χ1) is 7.42. The highest BCUT2D eigenvalue weighted by Crippen LogP contribution is 2.18. The third kappa shape index (κ3) is 2.13. The van der Waals surface area contributed by atoms with Crippen LogP contribution in [0.4, 0.5) is 5.82 Å². The quantitative estimate of drug-likeness (QED) is 0.842. The number of aromatic nitrogens is 1. The smallest absolute Gasteiger partial charge is 0.139 e. The molecule has 1 aliphatic rings. The highest BCUT2D eigenvalue weighted by molar-refractivity contribution is 5.85. The summed E-state index contributed by atoms with van der Waals surface area (Å²) in [7, 11) is 0. The summed E-state index contributed by atoms with van der Waals surface area (Å²) in [5.41, 5.74) is 0.887. The molecule has 0 saturated carbocycles. The third-order valence-corrected chi connectivity index (χ3v) is 2.75. The van der Waals surface area contributed by atoms with Crippen LogP contribution in [0.1, 0.15) is 6.42 Å². The molecule has 16 heavy (non-hydrogen) atoms.